The van der Waals surface area contributed by atoms with Gasteiger partial charge >= 0.3 is 0 Å². The highest BCUT2D eigenvalue weighted by Crippen LogP contribution is 2.01. The Morgan fingerprint density at radius 2 is 2.00 bits per heavy atom. The van der Waals surface area contributed by atoms with E-state index in [1.54, 1.807) is 12.1 Å². The van der Waals surface area contributed by atoms with Crippen molar-refractivity contribution in [3.8, 4) is 0 Å². The fraction of sp³-hybridized carbons (Fsp3) is 0.111. The van der Waals surface area contributed by atoms with E-state index in [1.165, 1.54) is 0 Å². The molecule has 0 saturated carbocycles. The molecule has 0 aliphatic rings. The van der Waals surface area contributed by atoms with Crippen LogP contribution in [0.15, 0.2) is 30.3 Å². The first kappa shape index (κ1) is 8.08. The zero-order valence-electron chi connectivity index (χ0n) is 5.91. The van der Waals surface area contributed by atoms with Crippen LogP contribution in [0.2, 0.25) is 0 Å². The van der Waals surface area contributed by atoms with Gasteiger partial charge in [-0.15, -0.1) is 0 Å². The zero-order valence-corrected chi connectivity index (χ0v) is 6.73. The summed E-state index contributed by atoms with van der Waals surface area (Å²) in [5, 5.41) is 2.40. The average molecular weight is 163 g/mol. The normalized spacial score (nSPS) is 9.09. The number of Topliss-reactive ketones (excluding diaryl/α,β-unsaturated/α-hetero) is 1. The molecule has 0 heterocycles. The first-order valence-corrected chi connectivity index (χ1v) is 3.68. The lowest BCUT2D eigenvalue weighted by atomic mass is 10.1. The molecule has 0 N–H and O–H groups in total. The van der Waals surface area contributed by atoms with Gasteiger partial charge in [0.2, 0.25) is 0 Å². The minimum Gasteiger partial charge on any atom is -0.294 e. The number of hydrogen-bond acceptors (Lipinski definition) is 2. The van der Waals surface area contributed by atoms with Crippen molar-refractivity contribution in [2.24, 2.45) is 0 Å². The third-order valence-corrected chi connectivity index (χ3v) is 1.47. The van der Waals surface area contributed by atoms with Crippen LogP contribution in [0.3, 0.4) is 0 Å². The van der Waals surface area contributed by atoms with Gasteiger partial charge in [-0.25, -0.2) is 0 Å². The predicted octanol–water partition coefficient (Wildman–Crippen LogP) is 2.14. The summed E-state index contributed by atoms with van der Waals surface area (Å²) in [4.78, 5) is 11.1. The fourth-order valence-electron chi connectivity index (χ4n) is 0.792. The maximum absolute atomic E-state index is 11.1. The number of rotatable bonds is 3. The maximum atomic E-state index is 11.1. The summed E-state index contributed by atoms with van der Waals surface area (Å²) in [6.45, 7) is 0. The second kappa shape index (κ2) is 3.98. The molecule has 0 saturated heterocycles. The molecular weight excluding hydrogens is 156 g/mol. The van der Waals surface area contributed by atoms with Gasteiger partial charge < -0.3 is 0 Å². The van der Waals surface area contributed by atoms with Gasteiger partial charge in [-0.2, -0.15) is 0 Å². The van der Waals surface area contributed by atoms with E-state index >= 15 is 0 Å². The Hall–Kier alpha value is -1.02. The highest BCUT2D eigenvalue weighted by atomic mass is 32.1. The van der Waals surface area contributed by atoms with Crippen LogP contribution in [0.25, 0.3) is 0 Å². The molecule has 0 bridgehead atoms. The molecule has 0 fully saturated rings. The maximum Gasteiger partial charge on any atom is 0.168 e. The fourth-order valence-corrected chi connectivity index (χ4v) is 0.923. The summed E-state index contributed by atoms with van der Waals surface area (Å²) >= 11 is 4.46. The second-order valence-electron chi connectivity index (χ2n) is 2.11. The van der Waals surface area contributed by atoms with Crippen molar-refractivity contribution in [2.75, 3.05) is 0 Å². The molecule has 11 heavy (non-hydrogen) atoms. The Morgan fingerprint density at radius 3 is 2.55 bits per heavy atom. The number of hydrogen-bond donors (Lipinski definition) is 0. The van der Waals surface area contributed by atoms with Crippen molar-refractivity contribution in [3.05, 3.63) is 35.9 Å². The van der Waals surface area contributed by atoms with Crippen LogP contribution < -0.4 is 0 Å². The summed E-state index contributed by atoms with van der Waals surface area (Å²) in [5.41, 5.74) is 0.699. The topological polar surface area (TPSA) is 17.1 Å². The number of thiocarbonyl (C=S) groups is 1. The van der Waals surface area contributed by atoms with Crippen LogP contribution in [0.5, 0.6) is 0 Å². The Morgan fingerprint density at radius 1 is 1.36 bits per heavy atom. The highest BCUT2D eigenvalue weighted by molar-refractivity contribution is 7.79. The minimum absolute atomic E-state index is 0.0283. The van der Waals surface area contributed by atoms with Gasteiger partial charge in [0.15, 0.2) is 5.78 Å². The van der Waals surface area contributed by atoms with Gasteiger partial charge in [0, 0.05) is 17.4 Å². The third-order valence-electron chi connectivity index (χ3n) is 1.33. The predicted molar refractivity (Wildman–Crippen MR) is 48.0 cm³/mol. The van der Waals surface area contributed by atoms with Crippen molar-refractivity contribution in [2.45, 2.75) is 6.42 Å². The van der Waals surface area contributed by atoms with Gasteiger partial charge in [-0.05, 0) is 0 Å². The standard InChI is InChI=1S/C9H7OS/c10-9(6-7-11)8-4-2-1-3-5-8/h1-5H,6H2. The van der Waals surface area contributed by atoms with E-state index in [-0.39, 0.29) is 12.2 Å². The van der Waals surface area contributed by atoms with Crippen LogP contribution in [-0.4, -0.2) is 11.2 Å². The van der Waals surface area contributed by atoms with Crippen LogP contribution in [0.1, 0.15) is 16.8 Å². The summed E-state index contributed by atoms with van der Waals surface area (Å²) in [6.07, 6.45) is 0.222. The lowest BCUT2D eigenvalue weighted by Crippen LogP contribution is -1.97. The molecule has 0 aliphatic carbocycles. The molecule has 1 aromatic rings. The Labute approximate surface area is 71.0 Å². The lowest BCUT2D eigenvalue weighted by molar-refractivity contribution is 0.100. The molecule has 2 heteroatoms. The summed E-state index contributed by atoms with van der Waals surface area (Å²) in [6, 6.07) is 9.08. The van der Waals surface area contributed by atoms with E-state index in [1.807, 2.05) is 18.2 Å². The Balaban J connectivity index is 2.77. The largest absolute Gasteiger partial charge is 0.294 e. The molecule has 0 amide bonds. The molecule has 0 aromatic heterocycles. The van der Waals surface area contributed by atoms with Gasteiger partial charge in [0.25, 0.3) is 0 Å². The molecule has 1 nitrogen and oxygen atoms in total. The van der Waals surface area contributed by atoms with Crippen molar-refractivity contribution < 1.29 is 4.79 Å². The van der Waals surface area contributed by atoms with Crippen molar-refractivity contribution >= 4 is 23.4 Å². The molecule has 1 rings (SSSR count). The van der Waals surface area contributed by atoms with E-state index in [0.717, 1.165) is 0 Å². The van der Waals surface area contributed by atoms with E-state index < -0.39 is 0 Å². The van der Waals surface area contributed by atoms with Crippen LogP contribution in [0, 0.1) is 0 Å². The van der Waals surface area contributed by atoms with Crippen LogP contribution >= 0.6 is 12.2 Å². The monoisotopic (exact) mass is 163 g/mol. The Kier molecular flexibility index (Phi) is 2.93. The molecule has 1 radical (unpaired) electrons. The molecular formula is C9H7OS. The first-order valence-electron chi connectivity index (χ1n) is 3.28. The first-order chi connectivity index (χ1) is 5.34. The number of carbonyl (C=O) groups excluding carboxylic acids is 1. The third kappa shape index (κ3) is 2.24. The number of ketones is 1. The van der Waals surface area contributed by atoms with Gasteiger partial charge in [0.1, 0.15) is 0 Å². The van der Waals surface area contributed by atoms with Gasteiger partial charge in [-0.3, -0.25) is 4.79 Å². The molecule has 0 atom stereocenters. The highest BCUT2D eigenvalue weighted by Gasteiger charge is 2.00. The van der Waals surface area contributed by atoms with Crippen molar-refractivity contribution in [1.29, 1.82) is 0 Å². The van der Waals surface area contributed by atoms with E-state index in [9.17, 15) is 4.79 Å². The van der Waals surface area contributed by atoms with Crippen molar-refractivity contribution in [3.63, 3.8) is 0 Å². The number of carbonyl (C=O) groups is 1. The number of benzene rings is 1. The molecule has 55 valence electrons. The Bertz CT molecular complexity index is 254. The lowest BCUT2D eigenvalue weighted by Gasteiger charge is -1.93. The van der Waals surface area contributed by atoms with E-state index in [0.29, 0.717) is 5.56 Å². The smallest absolute Gasteiger partial charge is 0.168 e. The molecule has 0 unspecified atom stereocenters. The molecule has 1 aromatic carbocycles. The van der Waals surface area contributed by atoms with Crippen LogP contribution in [0.4, 0.5) is 0 Å². The zero-order chi connectivity index (χ0) is 8.10. The van der Waals surface area contributed by atoms with Crippen LogP contribution in [-0.2, 0) is 0 Å². The minimum atomic E-state index is 0.0283. The molecule has 0 spiro atoms. The second-order valence-corrected chi connectivity index (χ2v) is 2.40. The summed E-state index contributed by atoms with van der Waals surface area (Å²) in [7, 11) is 0. The van der Waals surface area contributed by atoms with E-state index in [2.05, 4.69) is 17.6 Å². The van der Waals surface area contributed by atoms with Gasteiger partial charge in [-0.1, -0.05) is 42.5 Å². The van der Waals surface area contributed by atoms with Crippen molar-refractivity contribution in [1.82, 2.24) is 0 Å². The average Bonchev–Trinajstić information content (AvgIpc) is 2.07. The summed E-state index contributed by atoms with van der Waals surface area (Å²) in [5.74, 6) is 0.0283. The van der Waals surface area contributed by atoms with Gasteiger partial charge in [0.05, 0.1) is 0 Å². The molecule has 0 aliphatic heterocycles. The quantitative estimate of drug-likeness (QED) is 0.501. The SMILES string of the molecule is O=C(C[C]=S)c1ccccc1. The summed E-state index contributed by atoms with van der Waals surface area (Å²) < 4.78 is 0. The van der Waals surface area contributed by atoms with E-state index in [4.69, 9.17) is 0 Å².